The molecule has 9 heavy (non-hydrogen) atoms. The van der Waals surface area contributed by atoms with Crippen molar-refractivity contribution < 1.29 is 4.74 Å². The average Bonchev–Trinajstić information content (AvgIpc) is 2.34. The second-order valence-corrected chi connectivity index (χ2v) is 2.85. The van der Waals surface area contributed by atoms with Gasteiger partial charge in [-0.05, 0) is 11.4 Å². The smallest absolute Gasteiger partial charge is 0.0510 e. The van der Waals surface area contributed by atoms with Crippen LogP contribution in [0.1, 0.15) is 4.88 Å². The molecule has 0 aliphatic heterocycles. The Morgan fingerprint density at radius 3 is 3.11 bits per heavy atom. The van der Waals surface area contributed by atoms with Gasteiger partial charge in [0.15, 0.2) is 0 Å². The Balaban J connectivity index is 2.30. The summed E-state index contributed by atoms with van der Waals surface area (Å²) in [5.41, 5.74) is 0. The Hall–Kier alpha value is -0.340. The molecule has 0 spiro atoms. The molecule has 2 heteroatoms. The van der Waals surface area contributed by atoms with E-state index in [1.54, 1.807) is 18.4 Å². The predicted octanol–water partition coefficient (Wildman–Crippen LogP) is 1.94. The maximum absolute atomic E-state index is 4.92. The molecule has 1 aromatic heterocycles. The van der Waals surface area contributed by atoms with Crippen molar-refractivity contribution in [2.45, 2.75) is 6.42 Å². The third-order valence-electron chi connectivity index (χ3n) is 1.13. The van der Waals surface area contributed by atoms with Crippen LogP contribution in [0.25, 0.3) is 0 Å². The predicted molar refractivity (Wildman–Crippen MR) is 39.9 cm³/mol. The van der Waals surface area contributed by atoms with Gasteiger partial charge in [0.25, 0.3) is 0 Å². The lowest BCUT2D eigenvalue weighted by Crippen LogP contribution is -1.90. The van der Waals surface area contributed by atoms with E-state index in [0.717, 1.165) is 13.0 Å². The first kappa shape index (κ1) is 6.78. The minimum atomic E-state index is 0.834. The number of rotatable bonds is 3. The number of thiophene rings is 1. The van der Waals surface area contributed by atoms with Gasteiger partial charge in [-0.3, -0.25) is 0 Å². The molecule has 0 aliphatic carbocycles. The van der Waals surface area contributed by atoms with Crippen molar-refractivity contribution >= 4 is 11.3 Å². The SMILES string of the molecule is COCCc1cccs1. The van der Waals surface area contributed by atoms with Gasteiger partial charge in [-0.15, -0.1) is 11.3 Å². The summed E-state index contributed by atoms with van der Waals surface area (Å²) in [4.78, 5) is 1.40. The monoisotopic (exact) mass is 142 g/mol. The highest BCUT2D eigenvalue weighted by atomic mass is 32.1. The van der Waals surface area contributed by atoms with Crippen molar-refractivity contribution in [3.05, 3.63) is 22.4 Å². The normalized spacial score (nSPS) is 9.89. The van der Waals surface area contributed by atoms with Gasteiger partial charge in [0.1, 0.15) is 0 Å². The first-order chi connectivity index (χ1) is 4.43. The Morgan fingerprint density at radius 1 is 1.67 bits per heavy atom. The van der Waals surface area contributed by atoms with E-state index in [9.17, 15) is 0 Å². The van der Waals surface area contributed by atoms with Crippen molar-refractivity contribution in [1.82, 2.24) is 0 Å². The third kappa shape index (κ3) is 2.16. The largest absolute Gasteiger partial charge is 0.384 e. The van der Waals surface area contributed by atoms with Crippen LogP contribution in [0.2, 0.25) is 0 Å². The number of hydrogen-bond donors (Lipinski definition) is 0. The molecule has 1 rings (SSSR count). The Kier molecular flexibility index (Phi) is 2.74. The van der Waals surface area contributed by atoms with Gasteiger partial charge in [0.2, 0.25) is 0 Å². The highest BCUT2D eigenvalue weighted by Crippen LogP contribution is 2.08. The van der Waals surface area contributed by atoms with Gasteiger partial charge in [-0.25, -0.2) is 0 Å². The molecular weight excluding hydrogens is 132 g/mol. The van der Waals surface area contributed by atoms with Crippen LogP contribution < -0.4 is 0 Å². The van der Waals surface area contributed by atoms with Crippen molar-refractivity contribution in [2.75, 3.05) is 13.7 Å². The van der Waals surface area contributed by atoms with Gasteiger partial charge in [0.05, 0.1) is 6.61 Å². The van der Waals surface area contributed by atoms with Gasteiger partial charge in [0, 0.05) is 18.4 Å². The van der Waals surface area contributed by atoms with E-state index < -0.39 is 0 Å². The second-order valence-electron chi connectivity index (χ2n) is 1.82. The van der Waals surface area contributed by atoms with E-state index in [1.807, 2.05) is 0 Å². The first-order valence-electron chi connectivity index (χ1n) is 2.95. The van der Waals surface area contributed by atoms with E-state index in [1.165, 1.54) is 4.88 Å². The van der Waals surface area contributed by atoms with Crippen LogP contribution in [0.3, 0.4) is 0 Å². The Bertz CT molecular complexity index is 146. The highest BCUT2D eigenvalue weighted by Gasteiger charge is 1.89. The zero-order valence-electron chi connectivity index (χ0n) is 5.46. The zero-order chi connectivity index (χ0) is 6.53. The lowest BCUT2D eigenvalue weighted by atomic mass is 10.4. The van der Waals surface area contributed by atoms with Crippen molar-refractivity contribution in [3.63, 3.8) is 0 Å². The average molecular weight is 142 g/mol. The Labute approximate surface area is 59.3 Å². The topological polar surface area (TPSA) is 9.23 Å². The molecule has 0 saturated carbocycles. The molecule has 1 heterocycles. The van der Waals surface area contributed by atoms with E-state index in [-0.39, 0.29) is 0 Å². The third-order valence-corrected chi connectivity index (χ3v) is 2.07. The van der Waals surface area contributed by atoms with E-state index in [4.69, 9.17) is 4.74 Å². The summed E-state index contributed by atoms with van der Waals surface area (Å²) in [6.45, 7) is 0.834. The zero-order valence-corrected chi connectivity index (χ0v) is 6.28. The van der Waals surface area contributed by atoms with Crippen molar-refractivity contribution in [1.29, 1.82) is 0 Å². The maximum atomic E-state index is 4.92. The number of ether oxygens (including phenoxy) is 1. The molecule has 1 aromatic rings. The van der Waals surface area contributed by atoms with Gasteiger partial charge in [-0.1, -0.05) is 6.07 Å². The molecule has 0 atom stereocenters. The summed E-state index contributed by atoms with van der Waals surface area (Å²) < 4.78 is 4.92. The number of methoxy groups -OCH3 is 1. The summed E-state index contributed by atoms with van der Waals surface area (Å²) in [6.07, 6.45) is 1.05. The molecular formula is C7H10OS. The first-order valence-corrected chi connectivity index (χ1v) is 3.83. The van der Waals surface area contributed by atoms with Crippen LogP contribution in [0, 0.1) is 0 Å². The lowest BCUT2D eigenvalue weighted by Gasteiger charge is -1.92. The van der Waals surface area contributed by atoms with Gasteiger partial charge >= 0.3 is 0 Å². The minimum absolute atomic E-state index is 0.834. The summed E-state index contributed by atoms with van der Waals surface area (Å²) in [5, 5.41) is 2.09. The number of hydrogen-bond acceptors (Lipinski definition) is 2. The fourth-order valence-electron chi connectivity index (χ4n) is 0.657. The van der Waals surface area contributed by atoms with Crippen LogP contribution in [0.5, 0.6) is 0 Å². The second kappa shape index (κ2) is 3.64. The Morgan fingerprint density at radius 2 is 2.56 bits per heavy atom. The molecule has 1 nitrogen and oxygen atoms in total. The van der Waals surface area contributed by atoms with Crippen LogP contribution in [-0.2, 0) is 11.2 Å². The van der Waals surface area contributed by atoms with E-state index in [2.05, 4.69) is 17.5 Å². The summed E-state index contributed by atoms with van der Waals surface area (Å²) in [6, 6.07) is 4.19. The lowest BCUT2D eigenvalue weighted by molar-refractivity contribution is 0.203. The van der Waals surface area contributed by atoms with Gasteiger partial charge in [-0.2, -0.15) is 0 Å². The van der Waals surface area contributed by atoms with Crippen LogP contribution in [0.4, 0.5) is 0 Å². The van der Waals surface area contributed by atoms with Crippen molar-refractivity contribution in [3.8, 4) is 0 Å². The molecule has 0 saturated heterocycles. The summed E-state index contributed by atoms with van der Waals surface area (Å²) in [7, 11) is 1.73. The molecule has 0 N–H and O–H groups in total. The van der Waals surface area contributed by atoms with E-state index in [0.29, 0.717) is 0 Å². The van der Waals surface area contributed by atoms with Crippen molar-refractivity contribution in [2.24, 2.45) is 0 Å². The van der Waals surface area contributed by atoms with Crippen LogP contribution in [-0.4, -0.2) is 13.7 Å². The fraction of sp³-hybridized carbons (Fsp3) is 0.429. The molecule has 0 radical (unpaired) electrons. The molecule has 0 amide bonds. The molecule has 0 aromatic carbocycles. The standard InChI is InChI=1S/C7H10OS/c1-8-5-4-7-3-2-6-9-7/h2-3,6H,4-5H2,1H3. The summed E-state index contributed by atoms with van der Waals surface area (Å²) >= 11 is 1.78. The molecule has 0 fully saturated rings. The van der Waals surface area contributed by atoms with Crippen LogP contribution in [0.15, 0.2) is 17.5 Å². The fourth-order valence-corrected chi connectivity index (χ4v) is 1.35. The van der Waals surface area contributed by atoms with Gasteiger partial charge < -0.3 is 4.74 Å². The summed E-state index contributed by atoms with van der Waals surface area (Å²) in [5.74, 6) is 0. The molecule has 50 valence electrons. The maximum Gasteiger partial charge on any atom is 0.0510 e. The quantitative estimate of drug-likeness (QED) is 0.626. The highest BCUT2D eigenvalue weighted by molar-refractivity contribution is 7.09. The minimum Gasteiger partial charge on any atom is -0.384 e. The molecule has 0 bridgehead atoms. The molecule has 0 aliphatic rings. The van der Waals surface area contributed by atoms with Crippen LogP contribution >= 0.6 is 11.3 Å². The molecule has 0 unspecified atom stereocenters. The van der Waals surface area contributed by atoms with E-state index >= 15 is 0 Å².